The molecule has 0 radical (unpaired) electrons. The van der Waals surface area contributed by atoms with Gasteiger partial charge in [0, 0.05) is 6.54 Å². The van der Waals surface area contributed by atoms with E-state index in [9.17, 15) is 40.7 Å². The van der Waals surface area contributed by atoms with Crippen molar-refractivity contribution in [3.63, 3.8) is 0 Å². The summed E-state index contributed by atoms with van der Waals surface area (Å²) in [6.45, 7) is 2.51. The summed E-state index contributed by atoms with van der Waals surface area (Å²) < 4.78 is 77.3. The van der Waals surface area contributed by atoms with Crippen LogP contribution in [0.4, 0.5) is 26.3 Å². The molecule has 25 heavy (non-hydrogen) atoms. The number of rotatable bonds is 8. The molecular formula is C13H18F6N2O4. The van der Waals surface area contributed by atoms with Crippen LogP contribution in [-0.4, -0.2) is 48.8 Å². The van der Waals surface area contributed by atoms with Crippen LogP contribution in [0.1, 0.15) is 33.1 Å². The first-order valence-electron chi connectivity index (χ1n) is 7.18. The van der Waals surface area contributed by atoms with Gasteiger partial charge in [-0.05, 0) is 33.1 Å². The molecule has 1 atom stereocenters. The fourth-order valence-corrected chi connectivity index (χ4v) is 1.58. The van der Waals surface area contributed by atoms with E-state index >= 15 is 0 Å². The van der Waals surface area contributed by atoms with Crippen LogP contribution in [0.2, 0.25) is 0 Å². The molecule has 6 nitrogen and oxygen atoms in total. The number of nitrogens with one attached hydrogen (secondary N) is 2. The second kappa shape index (κ2) is 9.47. The number of unbranched alkanes of at least 4 members (excludes halogenated alkanes) is 1. The number of carbonyl (C=O) groups is 3. The molecule has 146 valence electrons. The second-order valence-electron chi connectivity index (χ2n) is 5.26. The maximum Gasteiger partial charge on any atom is 0.471 e. The first-order chi connectivity index (χ1) is 11.2. The van der Waals surface area contributed by atoms with Crippen molar-refractivity contribution in [3.05, 3.63) is 0 Å². The van der Waals surface area contributed by atoms with Gasteiger partial charge in [-0.1, -0.05) is 0 Å². The first kappa shape index (κ1) is 23.0. The molecule has 0 aromatic rings. The number of hydrogen-bond donors (Lipinski definition) is 2. The van der Waals surface area contributed by atoms with Crippen molar-refractivity contribution in [1.82, 2.24) is 10.6 Å². The van der Waals surface area contributed by atoms with E-state index in [0.29, 0.717) is 0 Å². The Bertz CT molecular complexity index is 476. The number of carbonyl (C=O) groups excluding carboxylic acids is 3. The predicted octanol–water partition coefficient (Wildman–Crippen LogP) is 1.83. The minimum atomic E-state index is -5.20. The van der Waals surface area contributed by atoms with Gasteiger partial charge in [-0.25, -0.2) is 4.79 Å². The molecule has 0 aromatic carbocycles. The Morgan fingerprint density at radius 1 is 0.920 bits per heavy atom. The summed E-state index contributed by atoms with van der Waals surface area (Å²) in [5, 5.41) is 3.06. The topological polar surface area (TPSA) is 84.5 Å². The van der Waals surface area contributed by atoms with Crippen LogP contribution in [0.15, 0.2) is 0 Å². The summed E-state index contributed by atoms with van der Waals surface area (Å²) in [5.41, 5.74) is 0. The molecule has 12 heteroatoms. The lowest BCUT2D eigenvalue weighted by atomic mass is 10.1. The standard InChI is InChI=1S/C13H18F6N2O4/c1-7(2)25-9(22)8(21-11(24)13(17,18)19)5-3-4-6-20-10(23)12(14,15)16/h7-8H,3-6H2,1-2H3,(H,20,23)(H,21,24). The third kappa shape index (κ3) is 9.77. The van der Waals surface area contributed by atoms with Gasteiger partial charge in [0.15, 0.2) is 0 Å². The lowest BCUT2D eigenvalue weighted by Gasteiger charge is -2.20. The minimum absolute atomic E-state index is 0.0336. The Balaban J connectivity index is 4.52. The summed E-state index contributed by atoms with van der Waals surface area (Å²) in [4.78, 5) is 33.2. The molecule has 0 bridgehead atoms. The van der Waals surface area contributed by atoms with E-state index in [-0.39, 0.29) is 19.3 Å². The monoisotopic (exact) mass is 380 g/mol. The third-order valence-corrected chi connectivity index (χ3v) is 2.66. The molecule has 0 fully saturated rings. The number of halogens is 6. The third-order valence-electron chi connectivity index (χ3n) is 2.66. The fourth-order valence-electron chi connectivity index (χ4n) is 1.58. The number of alkyl halides is 6. The normalized spacial score (nSPS) is 13.3. The smallest absolute Gasteiger partial charge is 0.461 e. The molecular weight excluding hydrogens is 362 g/mol. The highest BCUT2D eigenvalue weighted by Gasteiger charge is 2.41. The molecule has 0 rings (SSSR count). The second-order valence-corrected chi connectivity index (χ2v) is 5.26. The Morgan fingerprint density at radius 3 is 1.88 bits per heavy atom. The summed E-state index contributed by atoms with van der Waals surface area (Å²) in [6, 6.07) is -1.60. The van der Waals surface area contributed by atoms with E-state index < -0.39 is 48.8 Å². The Hall–Kier alpha value is -2.01. The molecule has 0 saturated carbocycles. The van der Waals surface area contributed by atoms with Gasteiger partial charge in [-0.15, -0.1) is 0 Å². The number of ether oxygens (including phenoxy) is 1. The van der Waals surface area contributed by atoms with E-state index in [1.54, 1.807) is 5.32 Å². The van der Waals surface area contributed by atoms with Crippen molar-refractivity contribution in [2.24, 2.45) is 0 Å². The quantitative estimate of drug-likeness (QED) is 0.382. The van der Waals surface area contributed by atoms with Gasteiger partial charge in [-0.3, -0.25) is 9.59 Å². The Morgan fingerprint density at radius 2 is 1.44 bits per heavy atom. The van der Waals surface area contributed by atoms with Crippen molar-refractivity contribution in [3.8, 4) is 0 Å². The van der Waals surface area contributed by atoms with Crippen molar-refractivity contribution >= 4 is 17.8 Å². The van der Waals surface area contributed by atoms with Crippen LogP contribution in [0.25, 0.3) is 0 Å². The molecule has 0 saturated heterocycles. The highest BCUT2D eigenvalue weighted by atomic mass is 19.4. The highest BCUT2D eigenvalue weighted by molar-refractivity contribution is 5.87. The zero-order valence-electron chi connectivity index (χ0n) is 13.4. The van der Waals surface area contributed by atoms with Crippen LogP contribution in [0, 0.1) is 0 Å². The molecule has 2 amide bonds. The van der Waals surface area contributed by atoms with E-state index in [0.717, 1.165) is 0 Å². The number of hydrogen-bond acceptors (Lipinski definition) is 4. The van der Waals surface area contributed by atoms with Gasteiger partial charge in [0.2, 0.25) is 0 Å². The van der Waals surface area contributed by atoms with Crippen LogP contribution >= 0.6 is 0 Å². The SMILES string of the molecule is CC(C)OC(=O)C(CCCCNC(=O)C(F)(F)F)NC(=O)C(F)(F)F. The fraction of sp³-hybridized carbons (Fsp3) is 0.769. The molecule has 1 unspecified atom stereocenters. The lowest BCUT2D eigenvalue weighted by Crippen LogP contribution is -2.48. The molecule has 0 aliphatic carbocycles. The molecule has 0 spiro atoms. The summed E-state index contributed by atoms with van der Waals surface area (Å²) >= 11 is 0. The van der Waals surface area contributed by atoms with Crippen molar-refractivity contribution in [1.29, 1.82) is 0 Å². The van der Waals surface area contributed by atoms with Gasteiger partial charge in [0.25, 0.3) is 0 Å². The van der Waals surface area contributed by atoms with Gasteiger partial charge >= 0.3 is 30.1 Å². The lowest BCUT2D eigenvalue weighted by molar-refractivity contribution is -0.176. The van der Waals surface area contributed by atoms with Crippen LogP contribution in [0.3, 0.4) is 0 Å². The summed E-state index contributed by atoms with van der Waals surface area (Å²) in [5.74, 6) is -5.57. The van der Waals surface area contributed by atoms with E-state index in [2.05, 4.69) is 0 Å². The first-order valence-corrected chi connectivity index (χ1v) is 7.18. The summed E-state index contributed by atoms with van der Waals surface area (Å²) in [6.07, 6.45) is -11.2. The molecule has 0 aliphatic heterocycles. The van der Waals surface area contributed by atoms with Crippen LogP contribution in [0.5, 0.6) is 0 Å². The van der Waals surface area contributed by atoms with Crippen LogP contribution < -0.4 is 10.6 Å². The van der Waals surface area contributed by atoms with E-state index in [1.165, 1.54) is 19.2 Å². The van der Waals surface area contributed by atoms with Gasteiger partial charge in [0.1, 0.15) is 6.04 Å². The van der Waals surface area contributed by atoms with Gasteiger partial charge in [0.05, 0.1) is 6.10 Å². The molecule has 0 heterocycles. The average molecular weight is 380 g/mol. The number of amides is 2. The molecule has 0 aliphatic rings. The highest BCUT2D eigenvalue weighted by Crippen LogP contribution is 2.16. The van der Waals surface area contributed by atoms with Crippen molar-refractivity contribution in [2.75, 3.05) is 6.54 Å². The Kier molecular flexibility index (Phi) is 8.71. The number of esters is 1. The maximum absolute atomic E-state index is 12.3. The van der Waals surface area contributed by atoms with E-state index in [4.69, 9.17) is 4.74 Å². The zero-order valence-corrected chi connectivity index (χ0v) is 13.4. The zero-order chi connectivity index (χ0) is 19.8. The average Bonchev–Trinajstić information content (AvgIpc) is 2.42. The van der Waals surface area contributed by atoms with Crippen LogP contribution in [-0.2, 0) is 19.1 Å². The van der Waals surface area contributed by atoms with Gasteiger partial charge in [-0.2, -0.15) is 26.3 Å². The minimum Gasteiger partial charge on any atom is -0.461 e. The maximum atomic E-state index is 12.3. The predicted molar refractivity (Wildman–Crippen MR) is 72.1 cm³/mol. The van der Waals surface area contributed by atoms with Crippen molar-refractivity contribution < 1.29 is 45.5 Å². The van der Waals surface area contributed by atoms with E-state index in [1.807, 2.05) is 0 Å². The summed E-state index contributed by atoms with van der Waals surface area (Å²) in [7, 11) is 0. The van der Waals surface area contributed by atoms with Crippen molar-refractivity contribution in [2.45, 2.75) is 57.6 Å². The molecule has 2 N–H and O–H groups in total. The Labute approximate surface area is 139 Å². The largest absolute Gasteiger partial charge is 0.471 e. The van der Waals surface area contributed by atoms with Gasteiger partial charge < -0.3 is 15.4 Å². The molecule has 0 aromatic heterocycles.